The quantitative estimate of drug-likeness (QED) is 0.727. The zero-order chi connectivity index (χ0) is 15.4. The molecule has 0 aliphatic rings. The highest BCUT2D eigenvalue weighted by Crippen LogP contribution is 2.06. The molecule has 0 saturated carbocycles. The Labute approximate surface area is 126 Å². The average molecular weight is 299 g/mol. The van der Waals surface area contributed by atoms with E-state index in [0.29, 0.717) is 12.3 Å². The minimum absolute atomic E-state index is 0.0631. The minimum atomic E-state index is -0.513. The van der Waals surface area contributed by atoms with Gasteiger partial charge in [0.15, 0.2) is 0 Å². The fourth-order valence-corrected chi connectivity index (χ4v) is 2.12. The Morgan fingerprint density at radius 2 is 2.14 bits per heavy atom. The maximum absolute atomic E-state index is 13.4. The lowest BCUT2D eigenvalue weighted by Crippen LogP contribution is -2.25. The normalized spacial score (nSPS) is 10.8. The van der Waals surface area contributed by atoms with Crippen LogP contribution in [-0.2, 0) is 6.42 Å². The summed E-state index contributed by atoms with van der Waals surface area (Å²) in [5, 5.41) is 6.72. The molecule has 1 aromatic carbocycles. The van der Waals surface area contributed by atoms with Crippen LogP contribution >= 0.6 is 0 Å². The molecule has 0 bridgehead atoms. The Morgan fingerprint density at radius 1 is 1.27 bits per heavy atom. The summed E-state index contributed by atoms with van der Waals surface area (Å²) in [6, 6.07) is 5.93. The van der Waals surface area contributed by atoms with E-state index in [4.69, 9.17) is 0 Å². The molecule has 0 aliphatic carbocycles. The molecule has 22 heavy (non-hydrogen) atoms. The van der Waals surface area contributed by atoms with Gasteiger partial charge in [0, 0.05) is 18.9 Å². The molecule has 7 heteroatoms. The fraction of sp³-hybridized carbons (Fsp3) is 0.200. The fourth-order valence-electron chi connectivity index (χ4n) is 2.12. The number of benzene rings is 1. The molecule has 0 spiro atoms. The largest absolute Gasteiger partial charge is 0.352 e. The van der Waals surface area contributed by atoms with E-state index in [1.807, 2.05) is 6.20 Å². The van der Waals surface area contributed by atoms with Crippen molar-refractivity contribution in [1.29, 1.82) is 0 Å². The standard InChI is InChI=1S/C15H14FN5O/c16-13-6-2-1-5-12(13)14(22)17-7-3-4-11-8-18-15-19-10-20-21(15)9-11/h1-2,5-6,8-10H,3-4,7H2,(H,17,22). The van der Waals surface area contributed by atoms with Crippen molar-refractivity contribution in [2.75, 3.05) is 6.54 Å². The van der Waals surface area contributed by atoms with E-state index >= 15 is 0 Å². The minimum Gasteiger partial charge on any atom is -0.352 e. The molecular weight excluding hydrogens is 285 g/mol. The van der Waals surface area contributed by atoms with Gasteiger partial charge in [-0.15, -0.1) is 0 Å². The summed E-state index contributed by atoms with van der Waals surface area (Å²) in [4.78, 5) is 20.0. The Hall–Kier alpha value is -2.83. The van der Waals surface area contributed by atoms with Gasteiger partial charge in [-0.25, -0.2) is 13.9 Å². The van der Waals surface area contributed by atoms with Crippen LogP contribution in [0.15, 0.2) is 43.0 Å². The first-order chi connectivity index (χ1) is 10.7. The Balaban J connectivity index is 1.51. The zero-order valence-electron chi connectivity index (χ0n) is 11.7. The van der Waals surface area contributed by atoms with E-state index in [1.165, 1.54) is 18.5 Å². The lowest BCUT2D eigenvalue weighted by Gasteiger charge is -2.06. The molecule has 0 unspecified atom stereocenters. The molecule has 3 aromatic rings. The van der Waals surface area contributed by atoms with Gasteiger partial charge in [-0.05, 0) is 30.5 Å². The second-order valence-electron chi connectivity index (χ2n) is 4.81. The molecule has 2 aromatic heterocycles. The summed E-state index contributed by atoms with van der Waals surface area (Å²) < 4.78 is 15.1. The summed E-state index contributed by atoms with van der Waals surface area (Å²) in [5.74, 6) is -0.361. The molecule has 1 N–H and O–H groups in total. The van der Waals surface area contributed by atoms with E-state index in [1.54, 1.807) is 22.8 Å². The van der Waals surface area contributed by atoms with E-state index < -0.39 is 11.7 Å². The first kappa shape index (κ1) is 14.1. The number of amides is 1. The number of carbonyl (C=O) groups is 1. The molecule has 0 saturated heterocycles. The summed E-state index contributed by atoms with van der Waals surface area (Å²) in [7, 11) is 0. The molecule has 0 radical (unpaired) electrons. The van der Waals surface area contributed by atoms with Crippen molar-refractivity contribution < 1.29 is 9.18 Å². The highest BCUT2D eigenvalue weighted by Gasteiger charge is 2.09. The van der Waals surface area contributed by atoms with Gasteiger partial charge in [0.2, 0.25) is 0 Å². The monoisotopic (exact) mass is 299 g/mol. The van der Waals surface area contributed by atoms with Crippen molar-refractivity contribution in [2.45, 2.75) is 12.8 Å². The Bertz CT molecular complexity index is 801. The van der Waals surface area contributed by atoms with Gasteiger partial charge in [-0.1, -0.05) is 12.1 Å². The number of hydrogen-bond donors (Lipinski definition) is 1. The van der Waals surface area contributed by atoms with Crippen LogP contribution in [0.25, 0.3) is 5.78 Å². The predicted molar refractivity (Wildman–Crippen MR) is 77.8 cm³/mol. The number of aromatic nitrogens is 4. The Morgan fingerprint density at radius 3 is 3.00 bits per heavy atom. The summed E-state index contributed by atoms with van der Waals surface area (Å²) in [5.41, 5.74) is 1.06. The Kier molecular flexibility index (Phi) is 4.04. The van der Waals surface area contributed by atoms with Crippen LogP contribution in [-0.4, -0.2) is 32.0 Å². The number of nitrogens with zero attached hydrogens (tertiary/aromatic N) is 4. The maximum Gasteiger partial charge on any atom is 0.254 e. The molecule has 6 nitrogen and oxygen atoms in total. The number of fused-ring (bicyclic) bond motifs is 1. The molecule has 0 fully saturated rings. The molecule has 2 heterocycles. The smallest absolute Gasteiger partial charge is 0.254 e. The van der Waals surface area contributed by atoms with Crippen LogP contribution in [0.3, 0.4) is 0 Å². The summed E-state index contributed by atoms with van der Waals surface area (Å²) in [6.45, 7) is 0.461. The number of halogens is 1. The third-order valence-corrected chi connectivity index (χ3v) is 3.23. The second kappa shape index (κ2) is 6.30. The lowest BCUT2D eigenvalue weighted by atomic mass is 10.1. The van der Waals surface area contributed by atoms with Crippen molar-refractivity contribution in [3.05, 3.63) is 59.9 Å². The molecule has 1 amide bonds. The van der Waals surface area contributed by atoms with Crippen LogP contribution in [0.1, 0.15) is 22.3 Å². The third kappa shape index (κ3) is 3.08. The number of nitrogens with one attached hydrogen (secondary N) is 1. The highest BCUT2D eigenvalue weighted by molar-refractivity contribution is 5.94. The molecular formula is C15H14FN5O. The van der Waals surface area contributed by atoms with Crippen LogP contribution < -0.4 is 5.32 Å². The first-order valence-electron chi connectivity index (χ1n) is 6.91. The van der Waals surface area contributed by atoms with Gasteiger partial charge in [-0.2, -0.15) is 10.1 Å². The van der Waals surface area contributed by atoms with E-state index in [9.17, 15) is 9.18 Å². The average Bonchev–Trinajstić information content (AvgIpc) is 2.99. The van der Waals surface area contributed by atoms with Crippen LogP contribution in [0, 0.1) is 5.82 Å². The SMILES string of the molecule is O=C(NCCCc1cnc2ncnn2c1)c1ccccc1F. The van der Waals surface area contributed by atoms with Crippen LogP contribution in [0.4, 0.5) is 4.39 Å². The first-order valence-corrected chi connectivity index (χ1v) is 6.91. The highest BCUT2D eigenvalue weighted by atomic mass is 19.1. The van der Waals surface area contributed by atoms with E-state index in [-0.39, 0.29) is 5.56 Å². The predicted octanol–water partition coefficient (Wildman–Crippen LogP) is 1.63. The van der Waals surface area contributed by atoms with Gasteiger partial charge in [-0.3, -0.25) is 4.79 Å². The molecule has 0 aliphatic heterocycles. The van der Waals surface area contributed by atoms with Crippen molar-refractivity contribution in [3.63, 3.8) is 0 Å². The molecule has 112 valence electrons. The molecule has 3 rings (SSSR count). The van der Waals surface area contributed by atoms with Crippen molar-refractivity contribution in [1.82, 2.24) is 24.9 Å². The zero-order valence-corrected chi connectivity index (χ0v) is 11.7. The van der Waals surface area contributed by atoms with E-state index in [0.717, 1.165) is 18.4 Å². The van der Waals surface area contributed by atoms with Crippen molar-refractivity contribution in [2.24, 2.45) is 0 Å². The lowest BCUT2D eigenvalue weighted by molar-refractivity contribution is 0.0949. The van der Waals surface area contributed by atoms with Crippen LogP contribution in [0.2, 0.25) is 0 Å². The van der Waals surface area contributed by atoms with Crippen LogP contribution in [0.5, 0.6) is 0 Å². The second-order valence-corrected chi connectivity index (χ2v) is 4.81. The topological polar surface area (TPSA) is 72.2 Å². The van der Waals surface area contributed by atoms with Crippen molar-refractivity contribution >= 4 is 11.7 Å². The maximum atomic E-state index is 13.4. The molecule has 0 atom stereocenters. The third-order valence-electron chi connectivity index (χ3n) is 3.23. The van der Waals surface area contributed by atoms with Gasteiger partial charge in [0.1, 0.15) is 12.1 Å². The number of carbonyl (C=O) groups excluding carboxylic acids is 1. The summed E-state index contributed by atoms with van der Waals surface area (Å²) >= 11 is 0. The van der Waals surface area contributed by atoms with Gasteiger partial charge < -0.3 is 5.32 Å². The summed E-state index contributed by atoms with van der Waals surface area (Å²) in [6.07, 6.45) is 6.50. The number of aryl methyl sites for hydroxylation is 1. The van der Waals surface area contributed by atoms with Gasteiger partial charge in [0.05, 0.1) is 5.56 Å². The van der Waals surface area contributed by atoms with Gasteiger partial charge >= 0.3 is 0 Å². The van der Waals surface area contributed by atoms with Gasteiger partial charge in [0.25, 0.3) is 11.7 Å². The number of hydrogen-bond acceptors (Lipinski definition) is 4. The van der Waals surface area contributed by atoms with Crippen molar-refractivity contribution in [3.8, 4) is 0 Å². The number of rotatable bonds is 5. The van der Waals surface area contributed by atoms with E-state index in [2.05, 4.69) is 20.4 Å².